The molecule has 0 radical (unpaired) electrons. The molecular weight excluding hydrogens is 255 g/mol. The summed E-state index contributed by atoms with van der Waals surface area (Å²) in [5, 5.41) is 9.35. The lowest BCUT2D eigenvalue weighted by Gasteiger charge is -2.27. The second-order valence-corrected chi connectivity index (χ2v) is 3.76. The minimum absolute atomic E-state index is 0.133. The molecule has 1 N–H and O–H groups in total. The van der Waals surface area contributed by atoms with Crippen molar-refractivity contribution >= 4 is 20.3 Å². The summed E-state index contributed by atoms with van der Waals surface area (Å²) in [6.07, 6.45) is -0.0215. The highest BCUT2D eigenvalue weighted by Gasteiger charge is 2.38. The molecule has 0 aromatic rings. The lowest BCUT2D eigenvalue weighted by Crippen LogP contribution is -2.38. The van der Waals surface area contributed by atoms with E-state index in [1.54, 1.807) is 13.8 Å². The Morgan fingerprint density at radius 1 is 1.38 bits per heavy atom. The Morgan fingerprint density at radius 2 is 1.94 bits per heavy atom. The van der Waals surface area contributed by atoms with Crippen LogP contribution < -0.4 is 0 Å². The first-order valence-corrected chi connectivity index (χ1v) is 6.56. The van der Waals surface area contributed by atoms with Crippen LogP contribution in [0.15, 0.2) is 0 Å². The second-order valence-electron chi connectivity index (χ2n) is 3.08. The minimum Gasteiger partial charge on any atom is -0.392 e. The number of aliphatic hydroxyl groups is 1. The van der Waals surface area contributed by atoms with Crippen molar-refractivity contribution in [3.63, 3.8) is 0 Å². The van der Waals surface area contributed by atoms with E-state index >= 15 is 0 Å². The van der Waals surface area contributed by atoms with Gasteiger partial charge in [-0.2, -0.15) is 0 Å². The van der Waals surface area contributed by atoms with E-state index in [0.29, 0.717) is 19.6 Å². The van der Waals surface area contributed by atoms with E-state index in [1.807, 2.05) is 0 Å². The van der Waals surface area contributed by atoms with Crippen LogP contribution in [0.2, 0.25) is 0 Å². The lowest BCUT2D eigenvalue weighted by molar-refractivity contribution is -0.342. The molecule has 1 unspecified atom stereocenters. The molecule has 7 heteroatoms. The first-order valence-electron chi connectivity index (χ1n) is 5.21. The molecule has 0 saturated carbocycles. The van der Waals surface area contributed by atoms with Crippen molar-refractivity contribution in [3.8, 4) is 0 Å². The molecule has 0 aromatic heterocycles. The van der Waals surface area contributed by atoms with Gasteiger partial charge in [-0.15, -0.1) is 11.6 Å². The molecule has 0 aliphatic heterocycles. The fraction of sp³-hybridized carbons (Fsp3) is 1.00. The van der Waals surface area contributed by atoms with Crippen molar-refractivity contribution in [2.24, 2.45) is 0 Å². The largest absolute Gasteiger partial charge is 0.499 e. The molecule has 0 aromatic carbocycles. The molecule has 0 fully saturated rings. The molecule has 0 spiro atoms. The average molecular weight is 274 g/mol. The molecule has 0 rings (SSSR count). The van der Waals surface area contributed by atoms with E-state index < -0.39 is 20.8 Å². The van der Waals surface area contributed by atoms with Gasteiger partial charge in [0, 0.05) is 25.5 Å². The van der Waals surface area contributed by atoms with E-state index in [-0.39, 0.29) is 12.3 Å². The van der Waals surface area contributed by atoms with E-state index in [1.165, 1.54) is 0 Å². The molecule has 0 saturated heterocycles. The van der Waals surface area contributed by atoms with Crippen molar-refractivity contribution < 1.29 is 23.7 Å². The van der Waals surface area contributed by atoms with Crippen molar-refractivity contribution in [1.82, 2.24) is 0 Å². The number of halogens is 1. The van der Waals surface area contributed by atoms with Crippen LogP contribution >= 0.6 is 20.3 Å². The molecular formula is C9H19ClO5P+. The Hall–Kier alpha value is 0.230. The summed E-state index contributed by atoms with van der Waals surface area (Å²) in [6, 6.07) is 0. The predicted molar refractivity (Wildman–Crippen MR) is 62.0 cm³/mol. The lowest BCUT2D eigenvalue weighted by atomic mass is 10.2. The minimum atomic E-state index is -1.34. The number of ether oxygens (including phenoxy) is 2. The third kappa shape index (κ3) is 6.09. The van der Waals surface area contributed by atoms with Gasteiger partial charge < -0.3 is 14.6 Å². The zero-order chi connectivity index (χ0) is 12.4. The fourth-order valence-electron chi connectivity index (χ4n) is 1.22. The van der Waals surface area contributed by atoms with Crippen LogP contribution in [-0.2, 0) is 18.6 Å². The zero-order valence-electron chi connectivity index (χ0n) is 9.57. The topological polar surface area (TPSA) is 65.0 Å². The Morgan fingerprint density at radius 3 is 2.31 bits per heavy atom. The van der Waals surface area contributed by atoms with Gasteiger partial charge in [-0.3, -0.25) is 0 Å². The summed E-state index contributed by atoms with van der Waals surface area (Å²) in [4.78, 5) is 0. The first-order chi connectivity index (χ1) is 7.64. The summed E-state index contributed by atoms with van der Waals surface area (Å²) in [6.45, 7) is 4.29. The Kier molecular flexibility index (Phi) is 9.41. The molecule has 96 valence electrons. The Labute approximate surface area is 102 Å². The van der Waals surface area contributed by atoms with Gasteiger partial charge in [-0.1, -0.05) is 4.52 Å². The highest BCUT2D eigenvalue weighted by Crippen LogP contribution is 2.27. The summed E-state index contributed by atoms with van der Waals surface area (Å²) in [7, 11) is -0.982. The van der Waals surface area contributed by atoms with Gasteiger partial charge in [-0.05, 0) is 24.8 Å². The third-order valence-corrected chi connectivity index (χ3v) is 2.64. The van der Waals surface area contributed by atoms with E-state index in [4.69, 9.17) is 25.6 Å². The Balaban J connectivity index is 4.39. The summed E-state index contributed by atoms with van der Waals surface area (Å²) < 4.78 is 26.2. The predicted octanol–water partition coefficient (Wildman–Crippen LogP) is 2.05. The highest BCUT2D eigenvalue weighted by atomic mass is 35.5. The zero-order valence-corrected chi connectivity index (χ0v) is 11.3. The number of hydrogen-bond donors (Lipinski definition) is 1. The monoisotopic (exact) mass is 273 g/mol. The summed E-state index contributed by atoms with van der Waals surface area (Å²) >= 11 is 5.48. The number of hydrogen-bond acceptors (Lipinski definition) is 5. The quantitative estimate of drug-likeness (QED) is 0.375. The summed E-state index contributed by atoms with van der Waals surface area (Å²) in [5.74, 6) is -1.20. The Bertz CT molecular complexity index is 187. The normalized spacial score (nSPS) is 14.2. The maximum atomic E-state index is 10.6. The van der Waals surface area contributed by atoms with Crippen LogP contribution in [0.5, 0.6) is 0 Å². The molecule has 0 bridgehead atoms. The van der Waals surface area contributed by atoms with E-state index in [0.717, 1.165) is 0 Å². The van der Waals surface area contributed by atoms with Crippen LogP contribution in [0.3, 0.4) is 0 Å². The SMILES string of the molecule is CCOC(CC[C@@H](O)CCl)(OCC)O[PH+]=O. The molecule has 16 heavy (non-hydrogen) atoms. The number of rotatable bonds is 10. The van der Waals surface area contributed by atoms with Crippen molar-refractivity contribution in [2.75, 3.05) is 19.1 Å². The molecule has 2 atom stereocenters. The van der Waals surface area contributed by atoms with Crippen molar-refractivity contribution in [3.05, 3.63) is 0 Å². The van der Waals surface area contributed by atoms with Crippen LogP contribution in [0.4, 0.5) is 0 Å². The van der Waals surface area contributed by atoms with E-state index in [9.17, 15) is 9.67 Å². The number of alkyl halides is 1. The van der Waals surface area contributed by atoms with Gasteiger partial charge in [0.15, 0.2) is 0 Å². The van der Waals surface area contributed by atoms with Crippen LogP contribution in [0.1, 0.15) is 26.7 Å². The highest BCUT2D eigenvalue weighted by molar-refractivity contribution is 7.17. The van der Waals surface area contributed by atoms with Crippen molar-refractivity contribution in [2.45, 2.75) is 38.8 Å². The van der Waals surface area contributed by atoms with Gasteiger partial charge in [0.25, 0.3) is 0 Å². The third-order valence-electron chi connectivity index (χ3n) is 1.89. The van der Waals surface area contributed by atoms with Gasteiger partial charge in [0.05, 0.1) is 6.10 Å². The fourth-order valence-corrected chi connectivity index (χ4v) is 1.72. The maximum Gasteiger partial charge on any atom is 0.499 e. The maximum absolute atomic E-state index is 10.6. The smallest absolute Gasteiger partial charge is 0.392 e. The molecule has 5 nitrogen and oxygen atoms in total. The van der Waals surface area contributed by atoms with Gasteiger partial charge in [0.1, 0.15) is 0 Å². The standard InChI is InChI=1S/C9H19ClO5P/c1-3-13-9(14-4-2,15-16-12)6-5-8(11)7-10/h8,11,16H,3-7H2,1-2H3/q+1/t8-/m1/s1. The number of aliphatic hydroxyl groups excluding tert-OH is 1. The summed E-state index contributed by atoms with van der Waals surface area (Å²) in [5.41, 5.74) is 0. The van der Waals surface area contributed by atoms with E-state index in [2.05, 4.69) is 0 Å². The molecule has 0 heterocycles. The molecule has 0 aliphatic rings. The van der Waals surface area contributed by atoms with Crippen LogP contribution in [-0.4, -0.2) is 36.3 Å². The van der Waals surface area contributed by atoms with Gasteiger partial charge >= 0.3 is 14.7 Å². The van der Waals surface area contributed by atoms with Gasteiger partial charge in [0.2, 0.25) is 0 Å². The molecule has 0 amide bonds. The van der Waals surface area contributed by atoms with Crippen molar-refractivity contribution in [1.29, 1.82) is 0 Å². The second kappa shape index (κ2) is 9.28. The van der Waals surface area contributed by atoms with Gasteiger partial charge in [-0.25, -0.2) is 0 Å². The average Bonchev–Trinajstić information content (AvgIpc) is 2.27. The molecule has 0 aliphatic carbocycles. The van der Waals surface area contributed by atoms with Crippen LogP contribution in [0.25, 0.3) is 0 Å². The van der Waals surface area contributed by atoms with Crippen LogP contribution in [0, 0.1) is 0 Å². The first kappa shape index (κ1) is 16.2.